The molecule has 0 spiro atoms. The number of nitrogens with one attached hydrogen (secondary N) is 1. The second kappa shape index (κ2) is 7.71. The molecule has 0 amide bonds. The summed E-state index contributed by atoms with van der Waals surface area (Å²) < 4.78 is 13.1. The number of ether oxygens (including phenoxy) is 2. The topological polar surface area (TPSA) is 47.6 Å². The summed E-state index contributed by atoms with van der Waals surface area (Å²) in [6.45, 7) is 0.706. The van der Waals surface area contributed by atoms with E-state index in [1.807, 2.05) is 36.4 Å². The fourth-order valence-corrected chi connectivity index (χ4v) is 2.40. The van der Waals surface area contributed by atoms with Crippen molar-refractivity contribution in [3.05, 3.63) is 59.7 Å². The van der Waals surface area contributed by atoms with Crippen molar-refractivity contribution in [2.24, 2.45) is 0 Å². The van der Waals surface area contributed by atoms with Crippen LogP contribution in [0, 0.1) is 0 Å². The number of carbonyl (C=O) groups is 1. The zero-order valence-corrected chi connectivity index (χ0v) is 12.8. The Morgan fingerprint density at radius 1 is 1.05 bits per heavy atom. The summed E-state index contributed by atoms with van der Waals surface area (Å²) in [5.41, 5.74) is 1.66. The van der Waals surface area contributed by atoms with E-state index in [0.29, 0.717) is 12.1 Å². The minimum Gasteiger partial charge on any atom is -0.497 e. The van der Waals surface area contributed by atoms with E-state index in [-0.39, 0.29) is 5.97 Å². The summed E-state index contributed by atoms with van der Waals surface area (Å²) in [7, 11) is 3.03. The van der Waals surface area contributed by atoms with Crippen LogP contribution in [0.3, 0.4) is 0 Å². The van der Waals surface area contributed by atoms with E-state index in [1.165, 1.54) is 7.11 Å². The molecule has 0 aromatic heterocycles. The van der Waals surface area contributed by atoms with Gasteiger partial charge in [-0.25, -0.2) is 4.79 Å². The zero-order valence-electron chi connectivity index (χ0n) is 12.0. The van der Waals surface area contributed by atoms with Gasteiger partial charge in [-0.3, -0.25) is 4.72 Å². The molecule has 2 aromatic rings. The molecule has 0 aliphatic heterocycles. The van der Waals surface area contributed by atoms with Crippen LogP contribution in [0.15, 0.2) is 53.4 Å². The van der Waals surface area contributed by atoms with Gasteiger partial charge in [0.25, 0.3) is 0 Å². The van der Waals surface area contributed by atoms with Gasteiger partial charge in [0.1, 0.15) is 5.75 Å². The lowest BCUT2D eigenvalue weighted by Gasteiger charge is -2.06. The van der Waals surface area contributed by atoms with E-state index in [0.717, 1.165) is 16.2 Å². The molecule has 0 saturated heterocycles. The average molecular weight is 303 g/mol. The molecule has 0 atom stereocenters. The van der Waals surface area contributed by atoms with Crippen molar-refractivity contribution in [2.75, 3.05) is 14.2 Å². The van der Waals surface area contributed by atoms with Gasteiger partial charge in [0.2, 0.25) is 0 Å². The zero-order chi connectivity index (χ0) is 15.1. The number of esters is 1. The van der Waals surface area contributed by atoms with E-state index in [4.69, 9.17) is 4.74 Å². The Bertz CT molecular complexity index is 581. The monoisotopic (exact) mass is 303 g/mol. The van der Waals surface area contributed by atoms with Crippen LogP contribution in [0.5, 0.6) is 5.75 Å². The molecule has 21 heavy (non-hydrogen) atoms. The number of hydrogen-bond acceptors (Lipinski definition) is 5. The average Bonchev–Trinajstić information content (AvgIpc) is 2.55. The normalized spacial score (nSPS) is 10.2. The molecule has 0 radical (unpaired) electrons. The molecule has 2 aromatic carbocycles. The Hall–Kier alpha value is -1.98. The number of hydrogen-bond donors (Lipinski definition) is 1. The van der Waals surface area contributed by atoms with Crippen LogP contribution in [-0.2, 0) is 11.3 Å². The standard InChI is InChI=1S/C16H17NO3S/c1-19-14-7-9-15(10-8-14)21-17-11-12-3-5-13(6-4-12)16(18)20-2/h3-10,17H,11H2,1-2H3. The van der Waals surface area contributed by atoms with Crippen molar-refractivity contribution >= 4 is 17.9 Å². The van der Waals surface area contributed by atoms with Crippen molar-refractivity contribution in [1.29, 1.82) is 0 Å². The van der Waals surface area contributed by atoms with Crippen molar-refractivity contribution in [3.63, 3.8) is 0 Å². The van der Waals surface area contributed by atoms with Gasteiger partial charge in [0, 0.05) is 11.4 Å². The van der Waals surface area contributed by atoms with Crippen molar-refractivity contribution in [1.82, 2.24) is 4.72 Å². The fourth-order valence-electron chi connectivity index (χ4n) is 1.72. The van der Waals surface area contributed by atoms with Crippen LogP contribution in [0.25, 0.3) is 0 Å². The Balaban J connectivity index is 1.83. The van der Waals surface area contributed by atoms with Gasteiger partial charge in [-0.15, -0.1) is 0 Å². The van der Waals surface area contributed by atoms with E-state index < -0.39 is 0 Å². The van der Waals surface area contributed by atoms with Crippen LogP contribution in [-0.4, -0.2) is 20.2 Å². The summed E-state index contributed by atoms with van der Waals surface area (Å²) in [4.78, 5) is 12.4. The minimum absolute atomic E-state index is 0.317. The predicted octanol–water partition coefficient (Wildman–Crippen LogP) is 3.28. The highest BCUT2D eigenvalue weighted by Gasteiger charge is 2.04. The van der Waals surface area contributed by atoms with Gasteiger partial charge in [0.15, 0.2) is 0 Å². The molecule has 0 aliphatic rings. The molecule has 1 N–H and O–H groups in total. The molecule has 4 nitrogen and oxygen atoms in total. The molecule has 0 unspecified atom stereocenters. The van der Waals surface area contributed by atoms with Crippen LogP contribution in [0.1, 0.15) is 15.9 Å². The maximum absolute atomic E-state index is 11.3. The van der Waals surface area contributed by atoms with Crippen LogP contribution >= 0.6 is 11.9 Å². The number of rotatable bonds is 6. The Kier molecular flexibility index (Phi) is 5.66. The molecule has 110 valence electrons. The van der Waals surface area contributed by atoms with Gasteiger partial charge in [-0.2, -0.15) is 0 Å². The van der Waals surface area contributed by atoms with Crippen molar-refractivity contribution < 1.29 is 14.3 Å². The smallest absolute Gasteiger partial charge is 0.337 e. The second-order valence-corrected chi connectivity index (χ2v) is 5.25. The molecule has 0 bridgehead atoms. The summed E-state index contributed by atoms with van der Waals surface area (Å²) in [6, 6.07) is 15.2. The van der Waals surface area contributed by atoms with Gasteiger partial charge in [-0.1, -0.05) is 12.1 Å². The predicted molar refractivity (Wildman–Crippen MR) is 83.5 cm³/mol. The minimum atomic E-state index is -0.317. The lowest BCUT2D eigenvalue weighted by Crippen LogP contribution is -2.04. The maximum Gasteiger partial charge on any atom is 0.337 e. The molecular weight excluding hydrogens is 286 g/mol. The SMILES string of the molecule is COC(=O)c1ccc(CNSc2ccc(OC)cc2)cc1. The Morgan fingerprint density at radius 2 is 1.71 bits per heavy atom. The van der Waals surface area contributed by atoms with Crippen LogP contribution in [0.2, 0.25) is 0 Å². The van der Waals surface area contributed by atoms with Gasteiger partial charge in [-0.05, 0) is 53.9 Å². The Morgan fingerprint density at radius 3 is 2.29 bits per heavy atom. The second-order valence-electron chi connectivity index (χ2n) is 4.29. The first-order chi connectivity index (χ1) is 10.2. The third-order valence-electron chi connectivity index (χ3n) is 2.90. The van der Waals surface area contributed by atoms with Crippen molar-refractivity contribution in [2.45, 2.75) is 11.4 Å². The van der Waals surface area contributed by atoms with E-state index in [9.17, 15) is 4.79 Å². The molecule has 0 saturated carbocycles. The van der Waals surface area contributed by atoms with Crippen LogP contribution in [0.4, 0.5) is 0 Å². The highest BCUT2D eigenvalue weighted by molar-refractivity contribution is 7.97. The quantitative estimate of drug-likeness (QED) is 0.655. The number of methoxy groups -OCH3 is 2. The van der Waals surface area contributed by atoms with E-state index >= 15 is 0 Å². The molecular formula is C16H17NO3S. The highest BCUT2D eigenvalue weighted by Crippen LogP contribution is 2.19. The van der Waals surface area contributed by atoms with Gasteiger partial charge < -0.3 is 9.47 Å². The first-order valence-corrected chi connectivity index (χ1v) is 7.25. The Labute approximate surface area is 128 Å². The molecule has 5 heteroatoms. The summed E-state index contributed by atoms with van der Waals surface area (Å²) in [5.74, 6) is 0.528. The third-order valence-corrected chi connectivity index (χ3v) is 3.70. The first-order valence-electron chi connectivity index (χ1n) is 6.44. The summed E-state index contributed by atoms with van der Waals surface area (Å²) in [6.07, 6.45) is 0. The summed E-state index contributed by atoms with van der Waals surface area (Å²) >= 11 is 1.55. The fraction of sp³-hybridized carbons (Fsp3) is 0.188. The van der Waals surface area contributed by atoms with Gasteiger partial charge in [0.05, 0.1) is 19.8 Å². The molecule has 2 rings (SSSR count). The number of carbonyl (C=O) groups excluding carboxylic acids is 1. The number of benzene rings is 2. The summed E-state index contributed by atoms with van der Waals surface area (Å²) in [5, 5.41) is 0. The van der Waals surface area contributed by atoms with Crippen molar-refractivity contribution in [3.8, 4) is 5.75 Å². The molecule has 0 aliphatic carbocycles. The third kappa shape index (κ3) is 4.51. The van der Waals surface area contributed by atoms with Crippen LogP contribution < -0.4 is 9.46 Å². The first kappa shape index (κ1) is 15.4. The van der Waals surface area contributed by atoms with Gasteiger partial charge >= 0.3 is 5.97 Å². The van der Waals surface area contributed by atoms with E-state index in [2.05, 4.69) is 9.46 Å². The lowest BCUT2D eigenvalue weighted by atomic mass is 10.1. The molecule has 0 fully saturated rings. The lowest BCUT2D eigenvalue weighted by molar-refractivity contribution is 0.0600. The molecule has 0 heterocycles. The largest absolute Gasteiger partial charge is 0.497 e. The maximum atomic E-state index is 11.3. The highest BCUT2D eigenvalue weighted by atomic mass is 32.2. The van der Waals surface area contributed by atoms with E-state index in [1.54, 1.807) is 31.2 Å².